The van der Waals surface area contributed by atoms with Gasteiger partial charge in [-0.25, -0.2) is 4.98 Å². The molecule has 0 spiro atoms. The molecule has 0 aromatic carbocycles. The summed E-state index contributed by atoms with van der Waals surface area (Å²) < 4.78 is 4.95. The molecule has 0 bridgehead atoms. The summed E-state index contributed by atoms with van der Waals surface area (Å²) in [4.78, 5) is 6.58. The molecule has 0 atom stereocenters. The molecule has 0 aliphatic heterocycles. The number of hydrogen-bond acceptors (Lipinski definition) is 5. The van der Waals surface area contributed by atoms with Crippen LogP contribution in [0.1, 0.15) is 5.69 Å². The molecule has 1 rings (SSSR count). The van der Waals surface area contributed by atoms with Crippen LogP contribution in [0.2, 0.25) is 0 Å². The van der Waals surface area contributed by atoms with Crippen molar-refractivity contribution in [1.82, 2.24) is 10.3 Å². The van der Waals surface area contributed by atoms with Gasteiger partial charge in [0.05, 0.1) is 12.3 Å². The third-order valence-corrected chi connectivity index (χ3v) is 3.11. The van der Waals surface area contributed by atoms with Crippen LogP contribution in [0.3, 0.4) is 0 Å². The Morgan fingerprint density at radius 3 is 2.93 bits per heavy atom. The van der Waals surface area contributed by atoms with Crippen LogP contribution in [0, 0.1) is 6.92 Å². The zero-order valence-corrected chi connectivity index (χ0v) is 10.4. The first-order valence-corrected chi connectivity index (χ1v) is 5.95. The lowest BCUT2D eigenvalue weighted by molar-refractivity contribution is 0.200. The van der Waals surface area contributed by atoms with Gasteiger partial charge >= 0.3 is 0 Å². The van der Waals surface area contributed by atoms with Crippen molar-refractivity contribution in [3.05, 3.63) is 11.1 Å². The SMILES string of the molecule is COCCNCCN(C)c1nc(C)cs1. The van der Waals surface area contributed by atoms with E-state index in [1.807, 2.05) is 6.92 Å². The first-order valence-electron chi connectivity index (χ1n) is 5.07. The summed E-state index contributed by atoms with van der Waals surface area (Å²) in [6.45, 7) is 5.61. The smallest absolute Gasteiger partial charge is 0.185 e. The quantitative estimate of drug-likeness (QED) is 0.711. The van der Waals surface area contributed by atoms with E-state index < -0.39 is 0 Å². The summed E-state index contributed by atoms with van der Waals surface area (Å²) in [6.07, 6.45) is 0. The van der Waals surface area contributed by atoms with E-state index in [-0.39, 0.29) is 0 Å². The summed E-state index contributed by atoms with van der Waals surface area (Å²) in [5, 5.41) is 6.46. The van der Waals surface area contributed by atoms with E-state index in [0.29, 0.717) is 0 Å². The van der Waals surface area contributed by atoms with Gasteiger partial charge in [0, 0.05) is 39.2 Å². The third kappa shape index (κ3) is 4.59. The monoisotopic (exact) mass is 229 g/mol. The van der Waals surface area contributed by atoms with Crippen molar-refractivity contribution in [2.45, 2.75) is 6.92 Å². The molecule has 86 valence electrons. The summed E-state index contributed by atoms with van der Waals surface area (Å²) in [5.74, 6) is 0. The Labute approximate surface area is 95.3 Å². The number of aryl methyl sites for hydroxylation is 1. The molecule has 0 amide bonds. The first-order chi connectivity index (χ1) is 7.24. The number of nitrogens with zero attached hydrogens (tertiary/aromatic N) is 2. The molecule has 0 fully saturated rings. The molecule has 0 unspecified atom stereocenters. The first kappa shape index (κ1) is 12.4. The van der Waals surface area contributed by atoms with Crippen LogP contribution < -0.4 is 10.2 Å². The molecule has 15 heavy (non-hydrogen) atoms. The molecular formula is C10H19N3OS. The Morgan fingerprint density at radius 2 is 2.33 bits per heavy atom. The second-order valence-electron chi connectivity index (χ2n) is 3.44. The number of thiazole rings is 1. The van der Waals surface area contributed by atoms with Crippen LogP contribution in [0.25, 0.3) is 0 Å². The van der Waals surface area contributed by atoms with Gasteiger partial charge in [0.15, 0.2) is 5.13 Å². The van der Waals surface area contributed by atoms with Gasteiger partial charge in [0.1, 0.15) is 0 Å². The summed E-state index contributed by atoms with van der Waals surface area (Å²) >= 11 is 1.69. The van der Waals surface area contributed by atoms with Gasteiger partial charge in [-0.1, -0.05) is 0 Å². The molecule has 0 aliphatic rings. The number of anilines is 1. The molecule has 0 radical (unpaired) electrons. The average Bonchev–Trinajstić information content (AvgIpc) is 2.64. The van der Waals surface area contributed by atoms with E-state index in [1.54, 1.807) is 18.4 Å². The van der Waals surface area contributed by atoms with Gasteiger partial charge in [-0.05, 0) is 6.92 Å². The molecule has 5 heteroatoms. The zero-order chi connectivity index (χ0) is 11.1. The van der Waals surface area contributed by atoms with E-state index >= 15 is 0 Å². The number of hydrogen-bond donors (Lipinski definition) is 1. The van der Waals surface area contributed by atoms with E-state index in [4.69, 9.17) is 4.74 Å². The highest BCUT2D eigenvalue weighted by Gasteiger charge is 2.03. The van der Waals surface area contributed by atoms with Crippen molar-refractivity contribution in [2.24, 2.45) is 0 Å². The van der Waals surface area contributed by atoms with Crippen molar-refractivity contribution in [2.75, 3.05) is 45.3 Å². The maximum absolute atomic E-state index is 4.95. The van der Waals surface area contributed by atoms with Crippen molar-refractivity contribution < 1.29 is 4.74 Å². The summed E-state index contributed by atoms with van der Waals surface area (Å²) in [6, 6.07) is 0. The lowest BCUT2D eigenvalue weighted by Crippen LogP contribution is -2.30. The maximum Gasteiger partial charge on any atom is 0.185 e. The number of methoxy groups -OCH3 is 1. The lowest BCUT2D eigenvalue weighted by atomic mass is 10.5. The van der Waals surface area contributed by atoms with E-state index in [2.05, 4.69) is 27.6 Å². The highest BCUT2D eigenvalue weighted by atomic mass is 32.1. The van der Waals surface area contributed by atoms with Crippen LogP contribution in [0.5, 0.6) is 0 Å². The minimum atomic E-state index is 0.764. The molecule has 1 N–H and O–H groups in total. The van der Waals surface area contributed by atoms with Crippen LogP contribution in [-0.4, -0.2) is 45.4 Å². The number of likely N-dealkylation sites (N-methyl/N-ethyl adjacent to an activating group) is 1. The molecule has 0 saturated carbocycles. The van der Waals surface area contributed by atoms with E-state index in [9.17, 15) is 0 Å². The van der Waals surface area contributed by atoms with Crippen LogP contribution in [0.4, 0.5) is 5.13 Å². The van der Waals surface area contributed by atoms with Gasteiger partial charge in [0.25, 0.3) is 0 Å². The van der Waals surface area contributed by atoms with Gasteiger partial charge in [0.2, 0.25) is 0 Å². The van der Waals surface area contributed by atoms with Crippen molar-refractivity contribution in [1.29, 1.82) is 0 Å². The minimum absolute atomic E-state index is 0.764. The lowest BCUT2D eigenvalue weighted by Gasteiger charge is -2.15. The topological polar surface area (TPSA) is 37.4 Å². The fourth-order valence-electron chi connectivity index (χ4n) is 1.16. The minimum Gasteiger partial charge on any atom is -0.383 e. The van der Waals surface area contributed by atoms with E-state index in [1.165, 1.54) is 0 Å². The largest absolute Gasteiger partial charge is 0.383 e. The maximum atomic E-state index is 4.95. The zero-order valence-electron chi connectivity index (χ0n) is 9.62. The molecule has 1 aromatic rings. The Hall–Kier alpha value is -0.650. The van der Waals surface area contributed by atoms with Gasteiger partial charge in [-0.15, -0.1) is 11.3 Å². The summed E-state index contributed by atoms with van der Waals surface area (Å²) in [5.41, 5.74) is 1.09. The highest BCUT2D eigenvalue weighted by Crippen LogP contribution is 2.17. The fraction of sp³-hybridized carbons (Fsp3) is 0.700. The Balaban J connectivity index is 2.16. The fourth-order valence-corrected chi connectivity index (χ4v) is 1.96. The number of aromatic nitrogens is 1. The molecule has 4 nitrogen and oxygen atoms in total. The van der Waals surface area contributed by atoms with Crippen LogP contribution in [0.15, 0.2) is 5.38 Å². The normalized spacial score (nSPS) is 10.6. The molecule has 1 heterocycles. The number of nitrogens with one attached hydrogen (secondary N) is 1. The van der Waals surface area contributed by atoms with Crippen molar-refractivity contribution in [3.63, 3.8) is 0 Å². The summed E-state index contributed by atoms with van der Waals surface area (Å²) in [7, 11) is 3.78. The Kier molecular flexibility index (Phi) is 5.60. The van der Waals surface area contributed by atoms with Crippen molar-refractivity contribution >= 4 is 16.5 Å². The highest BCUT2D eigenvalue weighted by molar-refractivity contribution is 7.13. The van der Waals surface area contributed by atoms with Crippen molar-refractivity contribution in [3.8, 4) is 0 Å². The predicted octanol–water partition coefficient (Wildman–Crippen LogP) is 1.12. The third-order valence-electron chi connectivity index (χ3n) is 2.04. The molecule has 1 aromatic heterocycles. The standard InChI is InChI=1S/C10H19N3OS/c1-9-8-15-10(12-9)13(2)6-4-11-5-7-14-3/h8,11H,4-7H2,1-3H3. The molecular weight excluding hydrogens is 210 g/mol. The Morgan fingerprint density at radius 1 is 1.53 bits per heavy atom. The second kappa shape index (κ2) is 6.76. The van der Waals surface area contributed by atoms with E-state index in [0.717, 1.165) is 37.1 Å². The molecule has 0 saturated heterocycles. The number of ether oxygens (including phenoxy) is 1. The Bertz CT molecular complexity index is 277. The average molecular weight is 229 g/mol. The van der Waals surface area contributed by atoms with Gasteiger partial charge in [-0.2, -0.15) is 0 Å². The number of rotatable bonds is 7. The second-order valence-corrected chi connectivity index (χ2v) is 4.27. The van der Waals surface area contributed by atoms with Crippen LogP contribution >= 0.6 is 11.3 Å². The van der Waals surface area contributed by atoms with Gasteiger partial charge in [-0.3, -0.25) is 0 Å². The molecule has 0 aliphatic carbocycles. The van der Waals surface area contributed by atoms with Gasteiger partial charge < -0.3 is 15.0 Å². The van der Waals surface area contributed by atoms with Crippen LogP contribution in [-0.2, 0) is 4.74 Å². The predicted molar refractivity (Wildman–Crippen MR) is 64.9 cm³/mol.